The highest BCUT2D eigenvalue weighted by Crippen LogP contribution is 2.01. The van der Waals surface area contributed by atoms with E-state index in [4.69, 9.17) is 16.6 Å². The lowest BCUT2D eigenvalue weighted by atomic mass is 10.1. The summed E-state index contributed by atoms with van der Waals surface area (Å²) in [7, 11) is 0. The maximum absolute atomic E-state index is 11.3. The molecule has 0 aliphatic heterocycles. The van der Waals surface area contributed by atoms with Crippen molar-refractivity contribution in [1.29, 1.82) is 0 Å². The molecule has 7 heteroatoms. The van der Waals surface area contributed by atoms with Crippen molar-refractivity contribution in [2.24, 2.45) is 11.5 Å². The Morgan fingerprint density at radius 1 is 1.47 bits per heavy atom. The second-order valence-electron chi connectivity index (χ2n) is 3.07. The summed E-state index contributed by atoms with van der Waals surface area (Å²) in [6, 6.07) is -1.71. The Hall–Kier alpha value is -0.410. The van der Waals surface area contributed by atoms with Crippen LogP contribution in [0.15, 0.2) is 0 Å². The normalized spacial score (nSPS) is 14.3. The van der Waals surface area contributed by atoms with E-state index in [0.29, 0.717) is 6.42 Å². The average Bonchev–Trinajstić information content (AvgIpc) is 2.22. The molecule has 15 heavy (non-hydrogen) atoms. The van der Waals surface area contributed by atoms with Gasteiger partial charge in [-0.1, -0.05) is 22.6 Å². The van der Waals surface area contributed by atoms with Crippen LogP contribution in [0.4, 0.5) is 0 Å². The molecular weight excluding hydrogens is 313 g/mol. The maximum Gasteiger partial charge on any atom is 0.326 e. The molecular formula is C8H16IN3O3. The highest BCUT2D eigenvalue weighted by molar-refractivity contribution is 14.1. The fourth-order valence-corrected chi connectivity index (χ4v) is 1.36. The van der Waals surface area contributed by atoms with Crippen LogP contribution in [0, 0.1) is 0 Å². The minimum Gasteiger partial charge on any atom is -0.480 e. The van der Waals surface area contributed by atoms with Gasteiger partial charge in [0.15, 0.2) is 0 Å². The number of nitrogens with two attached hydrogens (primary N) is 2. The number of aliphatic carboxylic acids is 1. The number of carbonyl (C=O) groups is 2. The first-order valence-electron chi connectivity index (χ1n) is 4.57. The van der Waals surface area contributed by atoms with E-state index < -0.39 is 24.0 Å². The van der Waals surface area contributed by atoms with Gasteiger partial charge in [0.2, 0.25) is 5.91 Å². The highest BCUT2D eigenvalue weighted by Gasteiger charge is 2.21. The molecule has 88 valence electrons. The fraction of sp³-hybridized carbons (Fsp3) is 0.750. The monoisotopic (exact) mass is 329 g/mol. The van der Waals surface area contributed by atoms with Gasteiger partial charge < -0.3 is 21.9 Å². The Labute approximate surface area is 102 Å². The van der Waals surface area contributed by atoms with Gasteiger partial charge in [0, 0.05) is 6.54 Å². The molecule has 0 aromatic heterocycles. The molecule has 1 amide bonds. The number of rotatable bonds is 7. The molecule has 0 aliphatic carbocycles. The number of carbonyl (C=O) groups excluding carboxylic acids is 1. The zero-order valence-corrected chi connectivity index (χ0v) is 10.4. The summed E-state index contributed by atoms with van der Waals surface area (Å²) in [4.78, 5) is 22.0. The number of alkyl halides is 1. The summed E-state index contributed by atoms with van der Waals surface area (Å²) >= 11 is 2.15. The van der Waals surface area contributed by atoms with Gasteiger partial charge in [-0.15, -0.1) is 0 Å². The van der Waals surface area contributed by atoms with Crippen LogP contribution in [0.25, 0.3) is 0 Å². The topological polar surface area (TPSA) is 118 Å². The lowest BCUT2D eigenvalue weighted by molar-refractivity contribution is -0.142. The molecule has 2 atom stereocenters. The molecule has 0 fully saturated rings. The first-order chi connectivity index (χ1) is 7.02. The number of carboxylic acid groups (broad SMARTS) is 1. The Balaban J connectivity index is 4.16. The summed E-state index contributed by atoms with van der Waals surface area (Å²) in [6.45, 7) is 0.00442. The van der Waals surface area contributed by atoms with Crippen LogP contribution >= 0.6 is 22.6 Å². The zero-order valence-electron chi connectivity index (χ0n) is 8.28. The Kier molecular flexibility index (Phi) is 7.61. The number of hydrogen-bond acceptors (Lipinski definition) is 4. The van der Waals surface area contributed by atoms with Gasteiger partial charge in [-0.3, -0.25) is 4.79 Å². The lowest BCUT2D eigenvalue weighted by Gasteiger charge is -2.16. The lowest BCUT2D eigenvalue weighted by Crippen LogP contribution is -2.51. The molecule has 0 saturated heterocycles. The smallest absolute Gasteiger partial charge is 0.326 e. The second kappa shape index (κ2) is 7.83. The number of nitrogens with one attached hydrogen (secondary N) is 1. The van der Waals surface area contributed by atoms with Crippen molar-refractivity contribution in [3.63, 3.8) is 0 Å². The van der Waals surface area contributed by atoms with E-state index in [-0.39, 0.29) is 6.54 Å². The van der Waals surface area contributed by atoms with E-state index in [1.165, 1.54) is 0 Å². The van der Waals surface area contributed by atoms with E-state index in [2.05, 4.69) is 27.9 Å². The first kappa shape index (κ1) is 14.6. The van der Waals surface area contributed by atoms with Crippen molar-refractivity contribution in [2.75, 3.05) is 11.0 Å². The SMILES string of the molecule is NC[C@H](N)C(=O)N[C@@H](CCCI)C(=O)O. The standard InChI is InChI=1S/C8H16IN3O3/c9-3-1-2-6(8(14)15)12-7(13)5(11)4-10/h5-6H,1-4,10-11H2,(H,12,13)(H,14,15)/t5-,6-/m0/s1. The van der Waals surface area contributed by atoms with Crippen LogP contribution < -0.4 is 16.8 Å². The third-order valence-electron chi connectivity index (χ3n) is 1.83. The number of amides is 1. The van der Waals surface area contributed by atoms with Gasteiger partial charge >= 0.3 is 5.97 Å². The van der Waals surface area contributed by atoms with Crippen LogP contribution in [0.3, 0.4) is 0 Å². The molecule has 0 aromatic rings. The summed E-state index contributed by atoms with van der Waals surface area (Å²) in [6.07, 6.45) is 1.14. The van der Waals surface area contributed by atoms with Gasteiger partial charge in [0.05, 0.1) is 6.04 Å². The summed E-state index contributed by atoms with van der Waals surface area (Å²) in [5, 5.41) is 11.2. The van der Waals surface area contributed by atoms with Crippen LogP contribution in [0.2, 0.25) is 0 Å². The zero-order chi connectivity index (χ0) is 11.8. The molecule has 0 heterocycles. The predicted molar refractivity (Wildman–Crippen MR) is 64.7 cm³/mol. The summed E-state index contributed by atoms with van der Waals surface area (Å²) < 4.78 is 0.848. The molecule has 0 spiro atoms. The van der Waals surface area contributed by atoms with Crippen LogP contribution in [0.5, 0.6) is 0 Å². The van der Waals surface area contributed by atoms with Crippen LogP contribution in [0.1, 0.15) is 12.8 Å². The quantitative estimate of drug-likeness (QED) is 0.355. The van der Waals surface area contributed by atoms with Crippen molar-refractivity contribution in [3.8, 4) is 0 Å². The first-order valence-corrected chi connectivity index (χ1v) is 6.10. The van der Waals surface area contributed by atoms with Crippen LogP contribution in [-0.2, 0) is 9.59 Å². The van der Waals surface area contributed by atoms with Crippen LogP contribution in [-0.4, -0.2) is 40.0 Å². The van der Waals surface area contributed by atoms with Crippen molar-refractivity contribution >= 4 is 34.5 Å². The number of carboxylic acids is 1. The predicted octanol–water partition coefficient (Wildman–Crippen LogP) is -0.943. The Morgan fingerprint density at radius 2 is 2.07 bits per heavy atom. The molecule has 0 radical (unpaired) electrons. The minimum atomic E-state index is -1.04. The van der Waals surface area contributed by atoms with Crippen molar-refractivity contribution in [3.05, 3.63) is 0 Å². The molecule has 0 aromatic carbocycles. The second-order valence-corrected chi connectivity index (χ2v) is 4.15. The molecule has 6 nitrogen and oxygen atoms in total. The molecule has 0 aliphatic rings. The van der Waals surface area contributed by atoms with E-state index in [0.717, 1.165) is 10.8 Å². The largest absolute Gasteiger partial charge is 0.480 e. The molecule has 0 unspecified atom stereocenters. The van der Waals surface area contributed by atoms with E-state index in [1.54, 1.807) is 0 Å². The van der Waals surface area contributed by atoms with Gasteiger partial charge in [-0.05, 0) is 17.3 Å². The Morgan fingerprint density at radius 3 is 2.47 bits per heavy atom. The molecule has 6 N–H and O–H groups in total. The minimum absolute atomic E-state index is 0.00442. The van der Waals surface area contributed by atoms with E-state index >= 15 is 0 Å². The van der Waals surface area contributed by atoms with Gasteiger partial charge in [-0.2, -0.15) is 0 Å². The summed E-state index contributed by atoms with van der Waals surface area (Å²) in [5.41, 5.74) is 10.6. The molecule has 0 bridgehead atoms. The third-order valence-corrected chi connectivity index (χ3v) is 2.59. The average molecular weight is 329 g/mol. The Bertz CT molecular complexity index is 225. The third kappa shape index (κ3) is 5.90. The molecule has 0 saturated carbocycles. The van der Waals surface area contributed by atoms with E-state index in [9.17, 15) is 9.59 Å². The summed E-state index contributed by atoms with van der Waals surface area (Å²) in [5.74, 6) is -1.56. The highest BCUT2D eigenvalue weighted by atomic mass is 127. The van der Waals surface area contributed by atoms with E-state index in [1.807, 2.05) is 0 Å². The number of halogens is 1. The van der Waals surface area contributed by atoms with Crippen molar-refractivity contribution in [2.45, 2.75) is 24.9 Å². The number of hydrogen-bond donors (Lipinski definition) is 4. The van der Waals surface area contributed by atoms with Crippen molar-refractivity contribution < 1.29 is 14.7 Å². The van der Waals surface area contributed by atoms with Gasteiger partial charge in [0.1, 0.15) is 6.04 Å². The maximum atomic E-state index is 11.3. The molecule has 0 rings (SSSR count). The van der Waals surface area contributed by atoms with Gasteiger partial charge in [-0.25, -0.2) is 4.79 Å². The van der Waals surface area contributed by atoms with Crippen molar-refractivity contribution in [1.82, 2.24) is 5.32 Å². The fourth-order valence-electron chi connectivity index (χ4n) is 0.924. The van der Waals surface area contributed by atoms with Gasteiger partial charge in [0.25, 0.3) is 0 Å².